The van der Waals surface area contributed by atoms with Gasteiger partial charge >= 0.3 is 0 Å². The first-order valence-electron chi connectivity index (χ1n) is 4.77. The first-order chi connectivity index (χ1) is 7.63. The molecule has 0 aliphatic carbocycles. The van der Waals surface area contributed by atoms with Crippen LogP contribution in [0.2, 0.25) is 0 Å². The van der Waals surface area contributed by atoms with E-state index in [-0.39, 0.29) is 10.9 Å². The fourth-order valence-electron chi connectivity index (χ4n) is 1.16. The Morgan fingerprint density at radius 3 is 2.94 bits per heavy atom. The van der Waals surface area contributed by atoms with E-state index in [9.17, 15) is 9.18 Å². The van der Waals surface area contributed by atoms with E-state index in [1.807, 2.05) is 12.2 Å². The molecule has 1 rings (SSSR count). The van der Waals surface area contributed by atoms with Crippen LogP contribution in [-0.2, 0) is 4.79 Å². The molecule has 2 nitrogen and oxygen atoms in total. The Balaban J connectivity index is 2.69. The molecule has 0 bridgehead atoms. The lowest BCUT2D eigenvalue weighted by Crippen LogP contribution is -1.88. The molecule has 0 amide bonds. The second-order valence-electron chi connectivity index (χ2n) is 3.09. The predicted octanol–water partition coefficient (Wildman–Crippen LogP) is 3.13. The molecule has 1 aromatic rings. The summed E-state index contributed by atoms with van der Waals surface area (Å²) in [5, 5.41) is 0.0794. The number of methoxy groups -OCH3 is 1. The summed E-state index contributed by atoms with van der Waals surface area (Å²) in [5.74, 6) is 0.770. The topological polar surface area (TPSA) is 26.3 Å². The third-order valence-electron chi connectivity index (χ3n) is 1.88. The van der Waals surface area contributed by atoms with Crippen LogP contribution in [0, 0.1) is 5.82 Å². The highest BCUT2D eigenvalue weighted by molar-refractivity contribution is 8.13. The number of hydrogen-bond donors (Lipinski definition) is 0. The zero-order valence-electron chi connectivity index (χ0n) is 9.20. The Morgan fingerprint density at radius 2 is 2.31 bits per heavy atom. The quantitative estimate of drug-likeness (QED) is 0.808. The SMILES string of the molecule is COc1cc(F)ccc1C=CCSC(C)=O. The number of rotatable bonds is 4. The molecule has 4 heteroatoms. The zero-order valence-corrected chi connectivity index (χ0v) is 10.0. The standard InChI is InChI=1S/C12H13FO2S/c1-9(14)16-7-3-4-10-5-6-11(13)8-12(10)15-2/h3-6,8H,7H2,1-2H3. The molecule has 0 atom stereocenters. The first kappa shape index (κ1) is 12.8. The third-order valence-corrected chi connectivity index (χ3v) is 2.64. The number of hydrogen-bond acceptors (Lipinski definition) is 3. The second kappa shape index (κ2) is 6.33. The minimum Gasteiger partial charge on any atom is -0.496 e. The van der Waals surface area contributed by atoms with Crippen LogP contribution >= 0.6 is 11.8 Å². The molecule has 0 unspecified atom stereocenters. The average Bonchev–Trinajstić information content (AvgIpc) is 2.25. The monoisotopic (exact) mass is 240 g/mol. The number of thioether (sulfide) groups is 1. The van der Waals surface area contributed by atoms with Gasteiger partial charge in [-0.2, -0.15) is 0 Å². The van der Waals surface area contributed by atoms with Gasteiger partial charge in [-0.1, -0.05) is 23.9 Å². The summed E-state index contributed by atoms with van der Waals surface area (Å²) in [7, 11) is 1.50. The van der Waals surface area contributed by atoms with Crippen LogP contribution in [0.1, 0.15) is 12.5 Å². The summed E-state index contributed by atoms with van der Waals surface area (Å²) < 4.78 is 17.9. The maximum Gasteiger partial charge on any atom is 0.186 e. The van der Waals surface area contributed by atoms with Gasteiger partial charge < -0.3 is 4.74 Å². The molecule has 0 N–H and O–H groups in total. The van der Waals surface area contributed by atoms with Gasteiger partial charge in [-0.05, 0) is 12.1 Å². The molecule has 0 aromatic heterocycles. The Bertz CT molecular complexity index is 402. The van der Waals surface area contributed by atoms with Crippen molar-refractivity contribution in [1.29, 1.82) is 0 Å². The first-order valence-corrected chi connectivity index (χ1v) is 5.75. The molecule has 1 aromatic carbocycles. The van der Waals surface area contributed by atoms with Gasteiger partial charge in [-0.3, -0.25) is 4.79 Å². The molecular weight excluding hydrogens is 227 g/mol. The summed E-state index contributed by atoms with van der Waals surface area (Å²) >= 11 is 1.23. The largest absolute Gasteiger partial charge is 0.496 e. The number of carbonyl (C=O) groups is 1. The van der Waals surface area contributed by atoms with Gasteiger partial charge in [0.1, 0.15) is 11.6 Å². The lowest BCUT2D eigenvalue weighted by Gasteiger charge is -2.04. The Kier molecular flexibility index (Phi) is 5.05. The molecule has 0 saturated heterocycles. The molecule has 0 heterocycles. The number of halogens is 1. The van der Waals surface area contributed by atoms with E-state index in [0.29, 0.717) is 11.5 Å². The molecular formula is C12H13FO2S. The zero-order chi connectivity index (χ0) is 12.0. The molecule has 0 aliphatic rings. The van der Waals surface area contributed by atoms with Gasteiger partial charge in [0.25, 0.3) is 0 Å². The highest BCUT2D eigenvalue weighted by Gasteiger charge is 2.00. The van der Waals surface area contributed by atoms with Gasteiger partial charge in [-0.15, -0.1) is 0 Å². The van der Waals surface area contributed by atoms with Gasteiger partial charge in [-0.25, -0.2) is 4.39 Å². The van der Waals surface area contributed by atoms with E-state index in [0.717, 1.165) is 5.56 Å². The lowest BCUT2D eigenvalue weighted by molar-refractivity contribution is -0.109. The summed E-state index contributed by atoms with van der Waals surface area (Å²) in [6, 6.07) is 4.35. The Labute approximate surface area is 98.5 Å². The van der Waals surface area contributed by atoms with Crippen molar-refractivity contribution in [1.82, 2.24) is 0 Å². The third kappa shape index (κ3) is 4.06. The average molecular weight is 240 g/mol. The van der Waals surface area contributed by atoms with Crippen LogP contribution in [0.15, 0.2) is 24.3 Å². The molecule has 0 radical (unpaired) electrons. The van der Waals surface area contributed by atoms with E-state index in [1.54, 1.807) is 6.07 Å². The number of carbonyl (C=O) groups excluding carboxylic acids is 1. The van der Waals surface area contributed by atoms with Gasteiger partial charge in [0.2, 0.25) is 0 Å². The van der Waals surface area contributed by atoms with Crippen molar-refractivity contribution in [2.24, 2.45) is 0 Å². The van der Waals surface area contributed by atoms with Crippen molar-refractivity contribution >= 4 is 23.0 Å². The second-order valence-corrected chi connectivity index (χ2v) is 4.29. The van der Waals surface area contributed by atoms with Crippen molar-refractivity contribution < 1.29 is 13.9 Å². The van der Waals surface area contributed by atoms with Crippen LogP contribution in [0.3, 0.4) is 0 Å². The molecule has 0 saturated carbocycles. The summed E-state index contributed by atoms with van der Waals surface area (Å²) in [5.41, 5.74) is 0.799. The van der Waals surface area contributed by atoms with E-state index in [1.165, 1.54) is 37.9 Å². The minimum atomic E-state index is -0.327. The van der Waals surface area contributed by atoms with Crippen molar-refractivity contribution in [3.05, 3.63) is 35.7 Å². The summed E-state index contributed by atoms with van der Waals surface area (Å²) in [6.07, 6.45) is 3.66. The minimum absolute atomic E-state index is 0.0794. The van der Waals surface area contributed by atoms with Crippen LogP contribution in [0.5, 0.6) is 5.75 Å². The van der Waals surface area contributed by atoms with Crippen molar-refractivity contribution in [2.45, 2.75) is 6.92 Å². The van der Waals surface area contributed by atoms with Gasteiger partial charge in [0.15, 0.2) is 5.12 Å². The summed E-state index contributed by atoms with van der Waals surface area (Å²) in [4.78, 5) is 10.7. The van der Waals surface area contributed by atoms with Crippen molar-refractivity contribution in [3.8, 4) is 5.75 Å². The van der Waals surface area contributed by atoms with Crippen molar-refractivity contribution in [2.75, 3.05) is 12.9 Å². The molecule has 0 fully saturated rings. The molecule has 16 heavy (non-hydrogen) atoms. The molecule has 0 spiro atoms. The van der Waals surface area contributed by atoms with Gasteiger partial charge in [0, 0.05) is 24.3 Å². The van der Waals surface area contributed by atoms with E-state index in [2.05, 4.69) is 0 Å². The Morgan fingerprint density at radius 1 is 1.56 bits per heavy atom. The fourth-order valence-corrected chi connectivity index (χ4v) is 1.59. The number of ether oxygens (including phenoxy) is 1. The molecule has 0 aliphatic heterocycles. The highest BCUT2D eigenvalue weighted by Crippen LogP contribution is 2.21. The van der Waals surface area contributed by atoms with Crippen LogP contribution < -0.4 is 4.74 Å². The normalized spacial score (nSPS) is 10.7. The smallest absolute Gasteiger partial charge is 0.186 e. The van der Waals surface area contributed by atoms with Crippen LogP contribution in [-0.4, -0.2) is 18.0 Å². The van der Waals surface area contributed by atoms with E-state index >= 15 is 0 Å². The fraction of sp³-hybridized carbons (Fsp3) is 0.250. The van der Waals surface area contributed by atoms with Gasteiger partial charge in [0.05, 0.1) is 7.11 Å². The predicted molar refractivity (Wildman–Crippen MR) is 65.1 cm³/mol. The number of benzene rings is 1. The van der Waals surface area contributed by atoms with Crippen molar-refractivity contribution in [3.63, 3.8) is 0 Å². The summed E-state index contributed by atoms with van der Waals surface area (Å²) in [6.45, 7) is 1.52. The maximum absolute atomic E-state index is 12.9. The Hall–Kier alpha value is -1.29. The maximum atomic E-state index is 12.9. The molecule has 86 valence electrons. The van der Waals surface area contributed by atoms with Crippen LogP contribution in [0.4, 0.5) is 4.39 Å². The van der Waals surface area contributed by atoms with E-state index in [4.69, 9.17) is 4.74 Å². The lowest BCUT2D eigenvalue weighted by atomic mass is 10.2. The highest BCUT2D eigenvalue weighted by atomic mass is 32.2. The van der Waals surface area contributed by atoms with E-state index < -0.39 is 0 Å². The van der Waals surface area contributed by atoms with Crippen LogP contribution in [0.25, 0.3) is 6.08 Å².